The van der Waals surface area contributed by atoms with Crippen LogP contribution in [0.1, 0.15) is 17.8 Å². The molecule has 2 heterocycles. The maximum Gasteiger partial charge on any atom is 0.191 e. The smallest absolute Gasteiger partial charge is 0.191 e. The highest BCUT2D eigenvalue weighted by Crippen LogP contribution is 2.25. The summed E-state index contributed by atoms with van der Waals surface area (Å²) in [6.45, 7) is 0. The lowest BCUT2D eigenvalue weighted by atomic mass is 10.1. The van der Waals surface area contributed by atoms with Gasteiger partial charge in [-0.15, -0.1) is 10.2 Å². The molecule has 0 bridgehead atoms. The first kappa shape index (κ1) is 16.4. The summed E-state index contributed by atoms with van der Waals surface area (Å²) in [6.07, 6.45) is 1.32. The molecule has 1 atom stereocenters. The van der Waals surface area contributed by atoms with Crippen molar-refractivity contribution in [1.82, 2.24) is 14.8 Å². The van der Waals surface area contributed by atoms with Crippen molar-refractivity contribution in [3.8, 4) is 0 Å². The maximum atomic E-state index is 13.2. The Kier molecular flexibility index (Phi) is 4.72. The van der Waals surface area contributed by atoms with E-state index in [1.807, 2.05) is 17.7 Å². The first-order chi connectivity index (χ1) is 10.9. The van der Waals surface area contributed by atoms with Crippen molar-refractivity contribution in [2.45, 2.75) is 23.8 Å². The summed E-state index contributed by atoms with van der Waals surface area (Å²) < 4.78 is 38.1. The molecule has 0 amide bonds. The Balaban J connectivity index is 1.63. The molecule has 1 fully saturated rings. The number of thioether (sulfide) groups is 1. The largest absolute Gasteiger partial charge is 0.309 e. The normalized spacial score (nSPS) is 20.0. The number of benzene rings is 1. The zero-order valence-electron chi connectivity index (χ0n) is 12.8. The SMILES string of the molecule is Cn1c(CC2CCS(=O)(=O)C2)nnc1SCc1cccc(F)c1. The summed E-state index contributed by atoms with van der Waals surface area (Å²) in [7, 11) is -0.988. The van der Waals surface area contributed by atoms with Crippen LogP contribution in [0.15, 0.2) is 29.4 Å². The van der Waals surface area contributed by atoms with Crippen LogP contribution >= 0.6 is 11.8 Å². The van der Waals surface area contributed by atoms with E-state index in [0.29, 0.717) is 18.6 Å². The van der Waals surface area contributed by atoms with Crippen LogP contribution < -0.4 is 0 Å². The molecule has 0 spiro atoms. The van der Waals surface area contributed by atoms with E-state index in [1.165, 1.54) is 23.9 Å². The molecular formula is C15H18FN3O2S2. The van der Waals surface area contributed by atoms with E-state index in [2.05, 4.69) is 10.2 Å². The predicted octanol–water partition coefficient (Wildman–Crippen LogP) is 2.22. The molecule has 0 radical (unpaired) electrons. The van der Waals surface area contributed by atoms with E-state index in [4.69, 9.17) is 0 Å². The van der Waals surface area contributed by atoms with Crippen molar-refractivity contribution >= 4 is 21.6 Å². The van der Waals surface area contributed by atoms with Crippen molar-refractivity contribution in [3.63, 3.8) is 0 Å². The molecule has 0 aliphatic carbocycles. The van der Waals surface area contributed by atoms with Gasteiger partial charge in [-0.05, 0) is 30.0 Å². The molecule has 5 nitrogen and oxygen atoms in total. The third-order valence-corrected chi connectivity index (χ3v) is 6.91. The molecule has 8 heteroatoms. The Hall–Kier alpha value is -1.41. The Bertz CT molecular complexity index is 805. The second-order valence-corrected chi connectivity index (χ2v) is 9.02. The summed E-state index contributed by atoms with van der Waals surface area (Å²) in [5.41, 5.74) is 0.890. The van der Waals surface area contributed by atoms with E-state index >= 15 is 0 Å². The molecule has 124 valence electrons. The molecule has 0 N–H and O–H groups in total. The molecule has 1 aliphatic rings. The summed E-state index contributed by atoms with van der Waals surface area (Å²) >= 11 is 1.49. The first-order valence-corrected chi connectivity index (χ1v) is 10.2. The molecule has 1 saturated heterocycles. The Morgan fingerprint density at radius 2 is 2.22 bits per heavy atom. The fourth-order valence-corrected chi connectivity index (χ4v) is 5.45. The van der Waals surface area contributed by atoms with E-state index < -0.39 is 9.84 Å². The van der Waals surface area contributed by atoms with Gasteiger partial charge in [0.25, 0.3) is 0 Å². The van der Waals surface area contributed by atoms with E-state index in [0.717, 1.165) is 16.5 Å². The molecule has 2 aromatic rings. The minimum absolute atomic E-state index is 0.129. The highest BCUT2D eigenvalue weighted by molar-refractivity contribution is 7.98. The van der Waals surface area contributed by atoms with Crippen LogP contribution in [0, 0.1) is 11.7 Å². The quantitative estimate of drug-likeness (QED) is 0.770. The van der Waals surface area contributed by atoms with Crippen molar-refractivity contribution < 1.29 is 12.8 Å². The lowest BCUT2D eigenvalue weighted by Gasteiger charge is -2.07. The van der Waals surface area contributed by atoms with Gasteiger partial charge < -0.3 is 4.57 Å². The van der Waals surface area contributed by atoms with Gasteiger partial charge in [0.15, 0.2) is 15.0 Å². The van der Waals surface area contributed by atoms with Crippen LogP contribution in [0.4, 0.5) is 4.39 Å². The fourth-order valence-electron chi connectivity index (χ4n) is 2.71. The Morgan fingerprint density at radius 1 is 1.39 bits per heavy atom. The lowest BCUT2D eigenvalue weighted by Crippen LogP contribution is -2.11. The number of aromatic nitrogens is 3. The van der Waals surface area contributed by atoms with E-state index in [-0.39, 0.29) is 23.2 Å². The molecule has 1 aromatic heterocycles. The third kappa shape index (κ3) is 4.11. The zero-order chi connectivity index (χ0) is 16.4. The highest BCUT2D eigenvalue weighted by Gasteiger charge is 2.29. The standard InChI is InChI=1S/C15H18FN3O2S2/c1-19-14(8-12-5-6-23(20,21)10-12)17-18-15(19)22-9-11-3-2-4-13(16)7-11/h2-4,7,12H,5-6,8-10H2,1H3. The second kappa shape index (κ2) is 6.60. The minimum atomic E-state index is -2.87. The molecular weight excluding hydrogens is 337 g/mol. The van der Waals surface area contributed by atoms with E-state index in [9.17, 15) is 12.8 Å². The third-order valence-electron chi connectivity index (χ3n) is 3.98. The van der Waals surface area contributed by atoms with E-state index in [1.54, 1.807) is 6.07 Å². The number of halogens is 1. The molecule has 1 aromatic carbocycles. The van der Waals surface area contributed by atoms with Crippen LogP contribution in [-0.2, 0) is 29.1 Å². The maximum absolute atomic E-state index is 13.2. The zero-order valence-corrected chi connectivity index (χ0v) is 14.4. The molecule has 23 heavy (non-hydrogen) atoms. The monoisotopic (exact) mass is 355 g/mol. The summed E-state index contributed by atoms with van der Waals surface area (Å²) in [6, 6.07) is 6.49. The number of hydrogen-bond acceptors (Lipinski definition) is 5. The topological polar surface area (TPSA) is 64.8 Å². The van der Waals surface area contributed by atoms with Gasteiger partial charge in [0, 0.05) is 19.2 Å². The summed E-state index contributed by atoms with van der Waals surface area (Å²) in [5, 5.41) is 9.10. The molecule has 1 aliphatic heterocycles. The first-order valence-electron chi connectivity index (χ1n) is 7.39. The van der Waals surface area contributed by atoms with Crippen LogP contribution in [0.25, 0.3) is 0 Å². The number of sulfone groups is 1. The average molecular weight is 355 g/mol. The van der Waals surface area contributed by atoms with Crippen molar-refractivity contribution in [2.24, 2.45) is 13.0 Å². The van der Waals surface area contributed by atoms with Gasteiger partial charge in [0.05, 0.1) is 11.5 Å². The predicted molar refractivity (Wildman–Crippen MR) is 87.4 cm³/mol. The Morgan fingerprint density at radius 3 is 2.91 bits per heavy atom. The fraction of sp³-hybridized carbons (Fsp3) is 0.467. The second-order valence-electron chi connectivity index (χ2n) is 5.85. The van der Waals surface area contributed by atoms with Crippen LogP contribution in [0.3, 0.4) is 0 Å². The molecule has 1 unspecified atom stereocenters. The van der Waals surface area contributed by atoms with Crippen LogP contribution in [0.5, 0.6) is 0 Å². The number of hydrogen-bond donors (Lipinski definition) is 0. The van der Waals surface area contributed by atoms with Crippen molar-refractivity contribution in [3.05, 3.63) is 41.5 Å². The van der Waals surface area contributed by atoms with Gasteiger partial charge in [-0.2, -0.15) is 0 Å². The van der Waals surface area contributed by atoms with Gasteiger partial charge in [-0.25, -0.2) is 12.8 Å². The van der Waals surface area contributed by atoms with Gasteiger partial charge in [-0.3, -0.25) is 0 Å². The molecule has 3 rings (SSSR count). The van der Waals surface area contributed by atoms with Gasteiger partial charge in [-0.1, -0.05) is 23.9 Å². The summed E-state index contributed by atoms with van der Waals surface area (Å²) in [4.78, 5) is 0. The van der Waals surface area contributed by atoms with Crippen molar-refractivity contribution in [1.29, 1.82) is 0 Å². The van der Waals surface area contributed by atoms with Crippen LogP contribution in [-0.4, -0.2) is 34.7 Å². The average Bonchev–Trinajstić information content (AvgIpc) is 3.01. The van der Waals surface area contributed by atoms with Crippen molar-refractivity contribution in [2.75, 3.05) is 11.5 Å². The van der Waals surface area contributed by atoms with Gasteiger partial charge >= 0.3 is 0 Å². The highest BCUT2D eigenvalue weighted by atomic mass is 32.2. The number of rotatable bonds is 5. The molecule has 0 saturated carbocycles. The lowest BCUT2D eigenvalue weighted by molar-refractivity contribution is 0.552. The summed E-state index contributed by atoms with van der Waals surface area (Å²) in [5.74, 6) is 1.81. The number of nitrogens with zero attached hydrogens (tertiary/aromatic N) is 3. The minimum Gasteiger partial charge on any atom is -0.309 e. The van der Waals surface area contributed by atoms with Gasteiger partial charge in [0.1, 0.15) is 11.6 Å². The van der Waals surface area contributed by atoms with Crippen LogP contribution in [0.2, 0.25) is 0 Å². The Labute approximate surface area is 139 Å². The van der Waals surface area contributed by atoms with Gasteiger partial charge in [0.2, 0.25) is 0 Å².